The van der Waals surface area contributed by atoms with E-state index >= 15 is 0 Å². The molecule has 0 saturated carbocycles. The summed E-state index contributed by atoms with van der Waals surface area (Å²) < 4.78 is 39.2. The Morgan fingerprint density at radius 3 is 2.27 bits per heavy atom. The molecule has 2 fully saturated rings. The Morgan fingerprint density at radius 2 is 1.61 bits per heavy atom. The molecule has 2 aliphatic heterocycles. The maximum Gasteiger partial charge on any atom is 0.416 e. The van der Waals surface area contributed by atoms with Gasteiger partial charge >= 0.3 is 6.18 Å². The third kappa shape index (κ3) is 6.74. The molecular weight excluding hydrogens is 569 g/mol. The molecule has 3 aromatic carbocycles. The number of anilines is 1. The van der Waals surface area contributed by atoms with Gasteiger partial charge in [-0.05, 0) is 73.2 Å². The third-order valence-electron chi connectivity index (χ3n) is 8.56. The molecule has 0 atom stereocenters. The van der Waals surface area contributed by atoms with Crippen molar-refractivity contribution in [2.45, 2.75) is 57.3 Å². The van der Waals surface area contributed by atoms with Crippen molar-refractivity contribution in [1.82, 2.24) is 15.1 Å². The monoisotopic (exact) mass is 606 g/mol. The Labute approximate surface area is 255 Å². The summed E-state index contributed by atoms with van der Waals surface area (Å²) in [6.45, 7) is 2.80. The highest BCUT2D eigenvalue weighted by Crippen LogP contribution is 2.39. The lowest BCUT2D eigenvalue weighted by Gasteiger charge is -2.43. The fraction of sp³-hybridized carbons (Fsp3) is 0.382. The van der Waals surface area contributed by atoms with Crippen LogP contribution in [-0.2, 0) is 28.7 Å². The zero-order chi connectivity index (χ0) is 31.3. The van der Waals surface area contributed by atoms with Gasteiger partial charge in [-0.25, -0.2) is 0 Å². The molecule has 3 aromatic rings. The lowest BCUT2D eigenvalue weighted by Crippen LogP contribution is -2.57. The van der Waals surface area contributed by atoms with E-state index in [-0.39, 0.29) is 31.6 Å². The number of amides is 3. The second-order valence-electron chi connectivity index (χ2n) is 11.5. The van der Waals surface area contributed by atoms with E-state index in [4.69, 9.17) is 0 Å². The number of unbranched alkanes of at least 4 members (excludes halogenated alkanes) is 1. The van der Waals surface area contributed by atoms with Gasteiger partial charge in [0.15, 0.2) is 0 Å². The largest absolute Gasteiger partial charge is 0.416 e. The van der Waals surface area contributed by atoms with Gasteiger partial charge in [0, 0.05) is 30.9 Å². The highest BCUT2D eigenvalue weighted by atomic mass is 19.4. The maximum absolute atomic E-state index is 14.0. The van der Waals surface area contributed by atoms with Crippen molar-refractivity contribution in [3.63, 3.8) is 0 Å². The number of nitrogens with zero attached hydrogens (tertiary/aromatic N) is 3. The van der Waals surface area contributed by atoms with Gasteiger partial charge in [-0.15, -0.1) is 0 Å². The molecule has 7 nitrogen and oxygen atoms in total. The van der Waals surface area contributed by atoms with E-state index < -0.39 is 23.2 Å². The normalized spacial score (nSPS) is 16.5. The van der Waals surface area contributed by atoms with E-state index in [1.54, 1.807) is 4.90 Å². The first-order chi connectivity index (χ1) is 21.1. The van der Waals surface area contributed by atoms with Crippen molar-refractivity contribution in [1.29, 1.82) is 0 Å². The molecule has 3 amide bonds. The van der Waals surface area contributed by atoms with Crippen LogP contribution in [0.15, 0.2) is 78.9 Å². The first-order valence-corrected chi connectivity index (χ1v) is 15.0. The minimum Gasteiger partial charge on any atom is -0.350 e. The van der Waals surface area contributed by atoms with E-state index in [2.05, 4.69) is 12.2 Å². The van der Waals surface area contributed by atoms with Gasteiger partial charge in [-0.2, -0.15) is 13.2 Å². The molecule has 232 valence electrons. The number of carbonyl (C=O) groups excluding carboxylic acids is 3. The van der Waals surface area contributed by atoms with Crippen molar-refractivity contribution >= 4 is 23.4 Å². The van der Waals surface area contributed by atoms with Crippen LogP contribution in [0, 0.1) is 0 Å². The van der Waals surface area contributed by atoms with E-state index in [0.29, 0.717) is 37.1 Å². The number of piperidine rings is 1. The van der Waals surface area contributed by atoms with Crippen LogP contribution < -0.4 is 10.2 Å². The standard InChI is InChI=1S/C34H37F3N4O3/c1-2-3-8-25-13-15-27(16-14-25)31(43)39-19-17-33(18-20-39)32(44)40(24-41(33)29-11-5-4-6-12-29)23-30(42)38-22-26-9-7-10-28(21-26)34(35,36)37/h4-7,9-16,21H,2-3,8,17-20,22-24H2,1H3,(H,38,42). The Kier molecular flexibility index (Phi) is 9.27. The van der Waals surface area contributed by atoms with Crippen LogP contribution in [0.2, 0.25) is 0 Å². The summed E-state index contributed by atoms with van der Waals surface area (Å²) in [7, 11) is 0. The van der Waals surface area contributed by atoms with Gasteiger partial charge < -0.3 is 20.0 Å². The van der Waals surface area contributed by atoms with Crippen LogP contribution in [0.5, 0.6) is 0 Å². The van der Waals surface area contributed by atoms with E-state index in [1.807, 2.05) is 59.5 Å². The lowest BCUT2D eigenvalue weighted by molar-refractivity contribution is -0.138. The van der Waals surface area contributed by atoms with Gasteiger partial charge in [0.1, 0.15) is 12.1 Å². The molecule has 1 spiro atoms. The van der Waals surface area contributed by atoms with Gasteiger partial charge in [-0.1, -0.05) is 55.8 Å². The summed E-state index contributed by atoms with van der Waals surface area (Å²) in [6, 6.07) is 22.1. The van der Waals surface area contributed by atoms with Crippen molar-refractivity contribution in [3.05, 3.63) is 101 Å². The molecule has 0 aliphatic carbocycles. The quantitative estimate of drug-likeness (QED) is 0.342. The number of benzene rings is 3. The number of halogens is 3. The van der Waals surface area contributed by atoms with Crippen LogP contribution in [0.4, 0.5) is 18.9 Å². The van der Waals surface area contributed by atoms with Crippen molar-refractivity contribution in [2.24, 2.45) is 0 Å². The van der Waals surface area contributed by atoms with Crippen LogP contribution in [-0.4, -0.2) is 59.4 Å². The summed E-state index contributed by atoms with van der Waals surface area (Å²) in [6.07, 6.45) is -0.476. The highest BCUT2D eigenvalue weighted by Gasteiger charge is 2.54. The minimum absolute atomic E-state index is 0.0653. The van der Waals surface area contributed by atoms with E-state index in [1.165, 1.54) is 22.6 Å². The summed E-state index contributed by atoms with van der Waals surface area (Å²) in [4.78, 5) is 45.5. The smallest absolute Gasteiger partial charge is 0.350 e. The fourth-order valence-corrected chi connectivity index (χ4v) is 6.07. The Morgan fingerprint density at radius 1 is 0.909 bits per heavy atom. The zero-order valence-corrected chi connectivity index (χ0v) is 24.8. The van der Waals surface area contributed by atoms with E-state index in [0.717, 1.165) is 37.1 Å². The average Bonchev–Trinajstić information content (AvgIpc) is 3.29. The van der Waals surface area contributed by atoms with Crippen molar-refractivity contribution in [2.75, 3.05) is 31.2 Å². The molecule has 2 saturated heterocycles. The predicted octanol–water partition coefficient (Wildman–Crippen LogP) is 5.65. The number of nitrogens with one attached hydrogen (secondary N) is 1. The first-order valence-electron chi connectivity index (χ1n) is 15.0. The number of rotatable bonds is 9. The SMILES string of the molecule is CCCCc1ccc(C(=O)N2CCC3(CC2)C(=O)N(CC(=O)NCc2cccc(C(F)(F)F)c2)CN3c2ccccc2)cc1. The predicted molar refractivity (Wildman–Crippen MR) is 162 cm³/mol. The van der Waals surface area contributed by atoms with Gasteiger partial charge in [0.2, 0.25) is 5.91 Å². The van der Waals surface area contributed by atoms with Gasteiger partial charge in [-0.3, -0.25) is 14.4 Å². The first kappa shape index (κ1) is 31.1. The van der Waals surface area contributed by atoms with E-state index in [9.17, 15) is 27.6 Å². The number of likely N-dealkylation sites (tertiary alicyclic amines) is 1. The highest BCUT2D eigenvalue weighted by molar-refractivity contribution is 5.97. The van der Waals surface area contributed by atoms with Crippen LogP contribution in [0.1, 0.15) is 59.7 Å². The Bertz CT molecular complexity index is 1470. The maximum atomic E-state index is 14.0. The number of para-hydroxylation sites is 1. The van der Waals surface area contributed by atoms with Crippen molar-refractivity contribution in [3.8, 4) is 0 Å². The molecule has 1 N–H and O–H groups in total. The number of carbonyl (C=O) groups is 3. The number of hydrogen-bond donors (Lipinski definition) is 1. The molecule has 0 aromatic heterocycles. The van der Waals surface area contributed by atoms with Crippen LogP contribution >= 0.6 is 0 Å². The average molecular weight is 607 g/mol. The minimum atomic E-state index is -4.48. The Balaban J connectivity index is 1.26. The summed E-state index contributed by atoms with van der Waals surface area (Å²) in [5.41, 5.74) is 1.29. The number of aryl methyl sites for hydroxylation is 1. The number of hydrogen-bond acceptors (Lipinski definition) is 4. The van der Waals surface area contributed by atoms with Crippen molar-refractivity contribution < 1.29 is 27.6 Å². The molecule has 10 heteroatoms. The fourth-order valence-electron chi connectivity index (χ4n) is 6.07. The molecule has 44 heavy (non-hydrogen) atoms. The molecule has 5 rings (SSSR count). The molecule has 0 unspecified atom stereocenters. The topological polar surface area (TPSA) is 73.0 Å². The second kappa shape index (κ2) is 13.1. The molecular formula is C34H37F3N4O3. The van der Waals surface area contributed by atoms with Gasteiger partial charge in [0.05, 0.1) is 12.2 Å². The van der Waals surface area contributed by atoms with Crippen LogP contribution in [0.25, 0.3) is 0 Å². The Hall–Kier alpha value is -4.34. The molecule has 2 heterocycles. The molecule has 0 radical (unpaired) electrons. The zero-order valence-electron chi connectivity index (χ0n) is 24.8. The summed E-state index contributed by atoms with van der Waals surface area (Å²) in [5.74, 6) is -0.719. The number of alkyl halides is 3. The van der Waals surface area contributed by atoms with Crippen LogP contribution in [0.3, 0.4) is 0 Å². The van der Waals surface area contributed by atoms with Gasteiger partial charge in [0.25, 0.3) is 11.8 Å². The summed E-state index contributed by atoms with van der Waals surface area (Å²) >= 11 is 0. The lowest BCUT2D eigenvalue weighted by atomic mass is 9.85. The third-order valence-corrected chi connectivity index (χ3v) is 8.56. The summed E-state index contributed by atoms with van der Waals surface area (Å²) in [5, 5.41) is 2.65. The molecule has 2 aliphatic rings. The second-order valence-corrected chi connectivity index (χ2v) is 11.5. The molecule has 0 bridgehead atoms.